The molecule has 0 fully saturated rings. The maximum absolute atomic E-state index is 5.64. The van der Waals surface area contributed by atoms with E-state index in [4.69, 9.17) is 17.2 Å². The Balaban J connectivity index is 1.48. The van der Waals surface area contributed by atoms with Gasteiger partial charge in [-0.3, -0.25) is 14.0 Å². The molecule has 3 heterocycles. The third-order valence-electron chi connectivity index (χ3n) is 7.37. The summed E-state index contributed by atoms with van der Waals surface area (Å²) in [6.07, 6.45) is 5.81. The van der Waals surface area contributed by atoms with Crippen LogP contribution < -0.4 is 33.2 Å². The van der Waals surface area contributed by atoms with Crippen molar-refractivity contribution in [3.63, 3.8) is 0 Å². The minimum atomic E-state index is 0.532. The summed E-state index contributed by atoms with van der Waals surface area (Å²) in [5.41, 5.74) is 27.3. The van der Waals surface area contributed by atoms with Crippen molar-refractivity contribution in [2.24, 2.45) is 17.2 Å². The summed E-state index contributed by atoms with van der Waals surface area (Å²) >= 11 is 0. The van der Waals surface area contributed by atoms with Gasteiger partial charge in [0.2, 0.25) is 0 Å². The van der Waals surface area contributed by atoms with Crippen LogP contribution in [0.25, 0.3) is 0 Å². The fourth-order valence-electron chi connectivity index (χ4n) is 5.12. The van der Waals surface area contributed by atoms with Crippen LogP contribution in [-0.2, 0) is 58.9 Å². The standard InChI is InChI=1S/C27H45N15/c1-19-25(13-31-10-22-16-40(7-4-28)37-34-22)20(2)27(15-33-12-24-18-42(9-6-30)39-36-24)21(3)26(19)14-32-11-23-17-41(8-5-29)38-35-23/h16-18,31-33H,4-15,28-30H2,1-3H3. The van der Waals surface area contributed by atoms with Crippen LogP contribution in [0, 0.1) is 20.8 Å². The van der Waals surface area contributed by atoms with Crippen molar-refractivity contribution in [2.75, 3.05) is 19.6 Å². The second-order valence-corrected chi connectivity index (χ2v) is 10.4. The number of hydrogen-bond donors (Lipinski definition) is 6. The highest BCUT2D eigenvalue weighted by molar-refractivity contribution is 5.50. The van der Waals surface area contributed by atoms with Crippen LogP contribution in [0.1, 0.15) is 50.5 Å². The third-order valence-corrected chi connectivity index (χ3v) is 7.37. The summed E-state index contributed by atoms with van der Waals surface area (Å²) in [6.45, 7) is 14.2. The number of nitrogens with two attached hydrogens (primary N) is 3. The highest BCUT2D eigenvalue weighted by atomic mass is 15.4. The van der Waals surface area contributed by atoms with E-state index in [0.29, 0.717) is 78.5 Å². The maximum Gasteiger partial charge on any atom is 0.0964 e. The molecule has 0 aliphatic heterocycles. The minimum absolute atomic E-state index is 0.532. The molecular weight excluding hydrogens is 534 g/mol. The summed E-state index contributed by atoms with van der Waals surface area (Å²) < 4.78 is 5.32. The molecule has 0 saturated carbocycles. The minimum Gasteiger partial charge on any atom is -0.329 e. The van der Waals surface area contributed by atoms with E-state index in [9.17, 15) is 0 Å². The quantitative estimate of drug-likeness (QED) is 0.0851. The normalized spacial score (nSPS) is 11.6. The topological polar surface area (TPSA) is 206 Å². The fourth-order valence-corrected chi connectivity index (χ4v) is 5.12. The number of nitrogens with zero attached hydrogens (tertiary/aromatic N) is 9. The molecule has 1 aromatic carbocycles. The lowest BCUT2D eigenvalue weighted by Crippen LogP contribution is -2.22. The Kier molecular flexibility index (Phi) is 11.6. The third kappa shape index (κ3) is 8.24. The molecule has 0 saturated heterocycles. The van der Waals surface area contributed by atoms with Crippen LogP contribution in [0.2, 0.25) is 0 Å². The second-order valence-electron chi connectivity index (χ2n) is 10.4. The Labute approximate surface area is 246 Å². The van der Waals surface area contributed by atoms with Crippen LogP contribution in [0.4, 0.5) is 0 Å². The van der Waals surface area contributed by atoms with Crippen LogP contribution in [0.5, 0.6) is 0 Å². The molecule has 15 heteroatoms. The number of rotatable bonds is 18. The largest absolute Gasteiger partial charge is 0.329 e. The molecule has 0 bridgehead atoms. The first-order chi connectivity index (χ1) is 20.4. The fraction of sp³-hybridized carbons (Fsp3) is 0.556. The SMILES string of the molecule is Cc1c(CNCc2cn(CCN)nn2)c(C)c(CNCc2cn(CCN)nn2)c(C)c1CNCc1cn(CCN)nn1. The molecule has 0 atom stereocenters. The Hall–Kier alpha value is -3.60. The van der Waals surface area contributed by atoms with Crippen molar-refractivity contribution < 1.29 is 0 Å². The Morgan fingerprint density at radius 2 is 0.786 bits per heavy atom. The van der Waals surface area contributed by atoms with E-state index < -0.39 is 0 Å². The van der Waals surface area contributed by atoms with Crippen molar-refractivity contribution in [3.05, 3.63) is 69.1 Å². The predicted molar refractivity (Wildman–Crippen MR) is 160 cm³/mol. The van der Waals surface area contributed by atoms with E-state index in [2.05, 4.69) is 67.7 Å². The van der Waals surface area contributed by atoms with Crippen molar-refractivity contribution in [3.8, 4) is 0 Å². The highest BCUT2D eigenvalue weighted by Crippen LogP contribution is 2.28. The number of aromatic nitrogens is 9. The van der Waals surface area contributed by atoms with Gasteiger partial charge in [0.1, 0.15) is 0 Å². The molecule has 3 aromatic heterocycles. The molecule has 0 amide bonds. The molecule has 0 aliphatic carbocycles. The number of nitrogens with one attached hydrogen (secondary N) is 3. The van der Waals surface area contributed by atoms with Crippen molar-refractivity contribution in [1.82, 2.24) is 60.9 Å². The number of hydrogen-bond acceptors (Lipinski definition) is 12. The molecule has 228 valence electrons. The molecule has 0 spiro atoms. The second kappa shape index (κ2) is 15.6. The first-order valence-electron chi connectivity index (χ1n) is 14.4. The average molecular weight is 580 g/mol. The maximum atomic E-state index is 5.64. The van der Waals surface area contributed by atoms with Gasteiger partial charge in [-0.25, -0.2) is 0 Å². The predicted octanol–water partition coefficient (Wildman–Crippen LogP) is -0.868. The smallest absolute Gasteiger partial charge is 0.0964 e. The van der Waals surface area contributed by atoms with Crippen LogP contribution >= 0.6 is 0 Å². The van der Waals surface area contributed by atoms with E-state index in [-0.39, 0.29) is 0 Å². The molecule has 42 heavy (non-hydrogen) atoms. The summed E-state index contributed by atoms with van der Waals surface area (Å²) in [4.78, 5) is 0. The van der Waals surface area contributed by atoms with E-state index in [1.54, 1.807) is 14.0 Å². The molecule has 4 aromatic rings. The van der Waals surface area contributed by atoms with E-state index in [1.165, 1.54) is 33.4 Å². The lowest BCUT2D eigenvalue weighted by atomic mass is 9.87. The van der Waals surface area contributed by atoms with Crippen molar-refractivity contribution in [2.45, 2.75) is 79.7 Å². The van der Waals surface area contributed by atoms with E-state index in [1.807, 2.05) is 18.6 Å². The van der Waals surface area contributed by atoms with Gasteiger partial charge in [-0.1, -0.05) is 15.6 Å². The Morgan fingerprint density at radius 1 is 0.500 bits per heavy atom. The van der Waals surface area contributed by atoms with Gasteiger partial charge in [0.05, 0.1) is 36.7 Å². The van der Waals surface area contributed by atoms with Gasteiger partial charge in [-0.05, 0) is 54.2 Å². The van der Waals surface area contributed by atoms with E-state index >= 15 is 0 Å². The summed E-state index contributed by atoms with van der Waals surface area (Å²) in [7, 11) is 0. The lowest BCUT2D eigenvalue weighted by molar-refractivity contribution is 0.597. The number of benzene rings is 1. The van der Waals surface area contributed by atoms with Gasteiger partial charge in [0, 0.05) is 77.5 Å². The van der Waals surface area contributed by atoms with Crippen molar-refractivity contribution in [1.29, 1.82) is 0 Å². The van der Waals surface area contributed by atoms with Crippen LogP contribution in [0.3, 0.4) is 0 Å². The first-order valence-corrected chi connectivity index (χ1v) is 14.4. The molecular formula is C27H45N15. The van der Waals surface area contributed by atoms with Gasteiger partial charge in [-0.15, -0.1) is 15.3 Å². The molecule has 0 aliphatic rings. The summed E-state index contributed by atoms with van der Waals surface area (Å²) in [6, 6.07) is 0. The molecule has 4 rings (SSSR count). The van der Waals surface area contributed by atoms with Crippen molar-refractivity contribution >= 4 is 0 Å². The van der Waals surface area contributed by atoms with Crippen LogP contribution in [0.15, 0.2) is 18.6 Å². The van der Waals surface area contributed by atoms with Gasteiger partial charge >= 0.3 is 0 Å². The molecule has 0 unspecified atom stereocenters. The molecule has 9 N–H and O–H groups in total. The van der Waals surface area contributed by atoms with Crippen LogP contribution in [-0.4, -0.2) is 64.6 Å². The highest BCUT2D eigenvalue weighted by Gasteiger charge is 2.17. The van der Waals surface area contributed by atoms with E-state index in [0.717, 1.165) is 17.1 Å². The monoisotopic (exact) mass is 579 g/mol. The van der Waals surface area contributed by atoms with Gasteiger partial charge in [-0.2, -0.15) is 0 Å². The average Bonchev–Trinajstić information content (AvgIpc) is 3.73. The van der Waals surface area contributed by atoms with Gasteiger partial charge < -0.3 is 33.2 Å². The lowest BCUT2D eigenvalue weighted by Gasteiger charge is -2.23. The zero-order chi connectivity index (χ0) is 29.9. The Morgan fingerprint density at radius 3 is 1.05 bits per heavy atom. The summed E-state index contributed by atoms with van der Waals surface area (Å²) in [5.74, 6) is 0. The molecule has 15 nitrogen and oxygen atoms in total. The zero-order valence-electron chi connectivity index (χ0n) is 25.0. The first kappa shape index (κ1) is 31.3. The molecule has 0 radical (unpaired) electrons. The van der Waals surface area contributed by atoms with Gasteiger partial charge in [0.25, 0.3) is 0 Å². The Bertz CT molecular complexity index is 1210. The van der Waals surface area contributed by atoms with Gasteiger partial charge in [0.15, 0.2) is 0 Å². The zero-order valence-corrected chi connectivity index (χ0v) is 25.0. The summed E-state index contributed by atoms with van der Waals surface area (Å²) in [5, 5.41) is 35.9.